The highest BCUT2D eigenvalue weighted by Crippen LogP contribution is 2.25. The molecule has 1 aliphatic heterocycles. The summed E-state index contributed by atoms with van der Waals surface area (Å²) in [5.41, 5.74) is 1.61. The van der Waals surface area contributed by atoms with Crippen LogP contribution in [0.2, 0.25) is 0 Å². The van der Waals surface area contributed by atoms with Gasteiger partial charge in [-0.1, -0.05) is 0 Å². The van der Waals surface area contributed by atoms with E-state index in [-0.39, 0.29) is 17.5 Å². The molecular formula is C18H17BrN4O2S. The quantitative estimate of drug-likeness (QED) is 0.638. The number of pyridine rings is 1. The first-order valence-electron chi connectivity index (χ1n) is 8.22. The first-order valence-corrected chi connectivity index (χ1v) is 9.90. The number of carbonyl (C=O) groups excluding carboxylic acids is 1. The Labute approximate surface area is 162 Å². The Morgan fingerprint density at radius 1 is 1.35 bits per heavy atom. The van der Waals surface area contributed by atoms with Crippen LogP contribution in [0.15, 0.2) is 45.4 Å². The van der Waals surface area contributed by atoms with Gasteiger partial charge in [-0.2, -0.15) is 0 Å². The van der Waals surface area contributed by atoms with E-state index in [0.717, 1.165) is 15.0 Å². The second-order valence-electron chi connectivity index (χ2n) is 6.46. The molecule has 4 heterocycles. The first-order chi connectivity index (χ1) is 12.4. The van der Waals surface area contributed by atoms with Crippen LogP contribution in [0.25, 0.3) is 5.69 Å². The second-order valence-corrected chi connectivity index (χ2v) is 8.37. The predicted octanol–water partition coefficient (Wildman–Crippen LogP) is 3.21. The Kier molecular flexibility index (Phi) is 4.32. The molecule has 0 aliphatic carbocycles. The lowest BCUT2D eigenvalue weighted by Crippen LogP contribution is -2.49. The number of thiophene rings is 1. The van der Waals surface area contributed by atoms with Crippen LogP contribution in [0.1, 0.15) is 28.0 Å². The van der Waals surface area contributed by atoms with Gasteiger partial charge in [0.05, 0.1) is 18.6 Å². The number of amides is 1. The standard InChI is InChI=1S/C18H17BrN4O2S/c1-11-6-21(10-20-11)15-3-4-16-18(25)22(8-14-5-13(19)9-26-14)12(2)7-23(16)17(15)24/h3-6,9-10,12H,7-8H2,1-2H3/t12-/m1/s1. The molecule has 0 aromatic carbocycles. The zero-order valence-corrected chi connectivity index (χ0v) is 16.7. The highest BCUT2D eigenvalue weighted by molar-refractivity contribution is 9.10. The molecule has 0 radical (unpaired) electrons. The zero-order valence-electron chi connectivity index (χ0n) is 14.3. The van der Waals surface area contributed by atoms with E-state index in [1.807, 2.05) is 30.2 Å². The topological polar surface area (TPSA) is 60.1 Å². The Morgan fingerprint density at radius 2 is 2.15 bits per heavy atom. The van der Waals surface area contributed by atoms with E-state index in [9.17, 15) is 9.59 Å². The highest BCUT2D eigenvalue weighted by Gasteiger charge is 2.31. The highest BCUT2D eigenvalue weighted by atomic mass is 79.9. The average molecular weight is 433 g/mol. The molecule has 4 rings (SSSR count). The minimum Gasteiger partial charge on any atom is -0.328 e. The van der Waals surface area contributed by atoms with E-state index in [4.69, 9.17) is 0 Å². The third-order valence-electron chi connectivity index (χ3n) is 4.55. The predicted molar refractivity (Wildman–Crippen MR) is 104 cm³/mol. The van der Waals surface area contributed by atoms with Gasteiger partial charge in [-0.15, -0.1) is 11.3 Å². The zero-order chi connectivity index (χ0) is 18.4. The molecule has 0 saturated heterocycles. The summed E-state index contributed by atoms with van der Waals surface area (Å²) in [7, 11) is 0. The Bertz CT molecular complexity index is 1050. The molecule has 8 heteroatoms. The van der Waals surface area contributed by atoms with Gasteiger partial charge in [-0.25, -0.2) is 4.98 Å². The summed E-state index contributed by atoms with van der Waals surface area (Å²) >= 11 is 5.06. The van der Waals surface area contributed by atoms with Gasteiger partial charge >= 0.3 is 0 Å². The van der Waals surface area contributed by atoms with Crippen molar-refractivity contribution in [3.8, 4) is 5.69 Å². The third kappa shape index (κ3) is 2.93. The lowest BCUT2D eigenvalue weighted by Gasteiger charge is -2.35. The van der Waals surface area contributed by atoms with Crippen LogP contribution >= 0.6 is 27.3 Å². The van der Waals surface area contributed by atoms with E-state index < -0.39 is 0 Å². The number of aromatic nitrogens is 3. The smallest absolute Gasteiger partial charge is 0.275 e. The van der Waals surface area contributed by atoms with Crippen LogP contribution < -0.4 is 5.56 Å². The molecule has 1 amide bonds. The van der Waals surface area contributed by atoms with Crippen molar-refractivity contribution in [2.45, 2.75) is 33.0 Å². The van der Waals surface area contributed by atoms with Gasteiger partial charge in [0.15, 0.2) is 0 Å². The van der Waals surface area contributed by atoms with Crippen LogP contribution in [-0.4, -0.2) is 31.0 Å². The summed E-state index contributed by atoms with van der Waals surface area (Å²) in [4.78, 5) is 33.0. The summed E-state index contributed by atoms with van der Waals surface area (Å²) < 4.78 is 4.31. The summed E-state index contributed by atoms with van der Waals surface area (Å²) in [6, 6.07) is 5.39. The minimum atomic E-state index is -0.168. The van der Waals surface area contributed by atoms with Crippen molar-refractivity contribution in [2.75, 3.05) is 0 Å². The van der Waals surface area contributed by atoms with Gasteiger partial charge < -0.3 is 14.0 Å². The van der Waals surface area contributed by atoms with Gasteiger partial charge in [0.1, 0.15) is 11.4 Å². The maximum atomic E-state index is 13.0. The van der Waals surface area contributed by atoms with Crippen molar-refractivity contribution in [3.63, 3.8) is 0 Å². The molecular weight excluding hydrogens is 416 g/mol. The van der Waals surface area contributed by atoms with Gasteiger partial charge in [0, 0.05) is 33.5 Å². The molecule has 134 valence electrons. The van der Waals surface area contributed by atoms with Crippen molar-refractivity contribution in [1.29, 1.82) is 0 Å². The molecule has 1 aliphatic rings. The number of nitrogens with zero attached hydrogens (tertiary/aromatic N) is 4. The largest absolute Gasteiger partial charge is 0.328 e. The summed E-state index contributed by atoms with van der Waals surface area (Å²) in [5, 5.41) is 2.01. The van der Waals surface area contributed by atoms with Crippen molar-refractivity contribution >= 4 is 33.2 Å². The van der Waals surface area contributed by atoms with E-state index in [1.54, 1.807) is 45.1 Å². The molecule has 0 N–H and O–H groups in total. The molecule has 3 aromatic heterocycles. The number of fused-ring (bicyclic) bond motifs is 1. The maximum absolute atomic E-state index is 13.0. The SMILES string of the molecule is Cc1cn(-c2ccc3n(c2=O)C[C@@H](C)N(Cc2cc(Br)cs2)C3=O)cn1. The van der Waals surface area contributed by atoms with Crippen LogP contribution in [0, 0.1) is 6.92 Å². The number of hydrogen-bond donors (Lipinski definition) is 0. The van der Waals surface area contributed by atoms with Crippen LogP contribution in [0.3, 0.4) is 0 Å². The number of rotatable bonds is 3. The van der Waals surface area contributed by atoms with Gasteiger partial charge in [0.25, 0.3) is 11.5 Å². The van der Waals surface area contributed by atoms with E-state index in [0.29, 0.717) is 24.5 Å². The molecule has 26 heavy (non-hydrogen) atoms. The summed E-state index contributed by atoms with van der Waals surface area (Å²) in [6.07, 6.45) is 3.42. The average Bonchev–Trinajstić information content (AvgIpc) is 3.21. The van der Waals surface area contributed by atoms with Crippen LogP contribution in [0.5, 0.6) is 0 Å². The fourth-order valence-corrected chi connectivity index (χ4v) is 4.68. The molecule has 0 spiro atoms. The fourth-order valence-electron chi connectivity index (χ4n) is 3.23. The molecule has 0 fully saturated rings. The van der Waals surface area contributed by atoms with E-state index in [2.05, 4.69) is 20.9 Å². The number of imidazole rings is 1. The fraction of sp³-hybridized carbons (Fsp3) is 0.278. The van der Waals surface area contributed by atoms with Crippen molar-refractivity contribution in [3.05, 3.63) is 67.2 Å². The second kappa shape index (κ2) is 6.51. The number of carbonyl (C=O) groups is 1. The van der Waals surface area contributed by atoms with Crippen LogP contribution in [-0.2, 0) is 13.1 Å². The Hall–Kier alpha value is -2.19. The van der Waals surface area contributed by atoms with Gasteiger partial charge in [0.2, 0.25) is 0 Å². The van der Waals surface area contributed by atoms with Crippen molar-refractivity contribution in [1.82, 2.24) is 19.0 Å². The van der Waals surface area contributed by atoms with E-state index in [1.165, 1.54) is 0 Å². The Balaban J connectivity index is 1.71. The Morgan fingerprint density at radius 3 is 2.81 bits per heavy atom. The number of hydrogen-bond acceptors (Lipinski definition) is 4. The van der Waals surface area contributed by atoms with E-state index >= 15 is 0 Å². The number of halogens is 1. The van der Waals surface area contributed by atoms with Gasteiger partial charge in [-0.05, 0) is 48.0 Å². The summed E-state index contributed by atoms with van der Waals surface area (Å²) in [5.74, 6) is -0.112. The molecule has 0 saturated carbocycles. The van der Waals surface area contributed by atoms with Crippen molar-refractivity contribution in [2.24, 2.45) is 0 Å². The maximum Gasteiger partial charge on any atom is 0.275 e. The first kappa shape index (κ1) is 17.2. The number of aryl methyl sites for hydroxylation is 1. The lowest BCUT2D eigenvalue weighted by atomic mass is 10.1. The molecule has 6 nitrogen and oxygen atoms in total. The van der Waals surface area contributed by atoms with Gasteiger partial charge in [-0.3, -0.25) is 9.59 Å². The third-order valence-corrected chi connectivity index (χ3v) is 6.23. The molecule has 0 unspecified atom stereocenters. The monoisotopic (exact) mass is 432 g/mol. The normalized spacial score (nSPS) is 16.8. The lowest BCUT2D eigenvalue weighted by molar-refractivity contribution is 0.0592. The molecule has 3 aromatic rings. The minimum absolute atomic E-state index is 0.0617. The molecule has 0 bridgehead atoms. The van der Waals surface area contributed by atoms with Crippen LogP contribution in [0.4, 0.5) is 0 Å². The van der Waals surface area contributed by atoms with Crippen molar-refractivity contribution < 1.29 is 4.79 Å². The summed E-state index contributed by atoms with van der Waals surface area (Å²) in [6.45, 7) is 4.88. The molecule has 1 atom stereocenters.